The largest absolute Gasteiger partial charge is 0.493 e. The number of carbonyl (C=O) groups is 1. The first-order valence-corrected chi connectivity index (χ1v) is 13.3. The molecule has 1 unspecified atom stereocenters. The Bertz CT molecular complexity index is 1290. The number of aliphatic hydroxyl groups excluding tert-OH is 1. The number of nitrogens with zero attached hydrogens (tertiary/aromatic N) is 1. The highest BCUT2D eigenvalue weighted by Gasteiger charge is 2.46. The number of halogens is 2. The van der Waals surface area contributed by atoms with Crippen LogP contribution in [0.25, 0.3) is 11.3 Å². The molecular weight excluding hydrogens is 525 g/mol. The highest BCUT2D eigenvalue weighted by atomic mass is 35.5. The van der Waals surface area contributed by atoms with E-state index in [0.29, 0.717) is 34.0 Å². The van der Waals surface area contributed by atoms with E-state index in [2.05, 4.69) is 10.3 Å². The van der Waals surface area contributed by atoms with E-state index in [-0.39, 0.29) is 37.2 Å². The molecular formula is C29H35ClFN3O5. The van der Waals surface area contributed by atoms with E-state index >= 15 is 0 Å². The molecule has 8 nitrogen and oxygen atoms in total. The molecule has 1 heterocycles. The summed E-state index contributed by atoms with van der Waals surface area (Å²) in [7, 11) is 1.46. The van der Waals surface area contributed by atoms with E-state index in [9.17, 15) is 14.3 Å². The third-order valence-corrected chi connectivity index (χ3v) is 6.62. The number of amides is 1. The molecule has 0 spiro atoms. The minimum absolute atomic E-state index is 0.0353. The van der Waals surface area contributed by atoms with Crippen LogP contribution in [0.3, 0.4) is 0 Å². The Labute approximate surface area is 232 Å². The van der Waals surface area contributed by atoms with Crippen LogP contribution in [0.15, 0.2) is 48.5 Å². The average Bonchev–Trinajstić information content (AvgIpc) is 3.83. The van der Waals surface area contributed by atoms with Gasteiger partial charge in [0.05, 0.1) is 36.7 Å². The lowest BCUT2D eigenvalue weighted by Gasteiger charge is -2.29. The Balaban J connectivity index is 0.00000205. The van der Waals surface area contributed by atoms with Gasteiger partial charge in [-0.3, -0.25) is 4.79 Å². The molecule has 1 amide bonds. The Morgan fingerprint density at radius 1 is 1.18 bits per heavy atom. The number of hydrogen-bond donors (Lipinski definition) is 4. The molecule has 0 saturated heterocycles. The molecule has 2 aromatic carbocycles. The van der Waals surface area contributed by atoms with Crippen molar-refractivity contribution in [1.82, 2.24) is 10.3 Å². The number of aromatic nitrogens is 1. The molecule has 3 aromatic rings. The second-order valence-electron chi connectivity index (χ2n) is 8.90. The predicted molar refractivity (Wildman–Crippen MR) is 148 cm³/mol. The number of aliphatic hydroxyl groups is 2. The number of nitrogens with two attached hydrogens (primary N) is 1. The van der Waals surface area contributed by atoms with Crippen LogP contribution in [-0.4, -0.2) is 48.0 Å². The van der Waals surface area contributed by atoms with Crippen molar-refractivity contribution in [2.24, 2.45) is 11.7 Å². The molecule has 1 fully saturated rings. The van der Waals surface area contributed by atoms with Crippen molar-refractivity contribution >= 4 is 17.5 Å². The van der Waals surface area contributed by atoms with Gasteiger partial charge in [-0.25, -0.2) is 9.37 Å². The quantitative estimate of drug-likeness (QED) is 0.274. The SMILES string of the molecule is CC.COc1cc(C(=O)NCC(O)(c2cc(CN)cc(-c3ccc(F)c(Cl)c3)n2)C2CC2)ccc1OCCO. The minimum Gasteiger partial charge on any atom is -0.493 e. The summed E-state index contributed by atoms with van der Waals surface area (Å²) in [5.41, 5.74) is 6.98. The van der Waals surface area contributed by atoms with Gasteiger partial charge in [-0.1, -0.05) is 25.4 Å². The summed E-state index contributed by atoms with van der Waals surface area (Å²) < 4.78 is 24.4. The van der Waals surface area contributed by atoms with Crippen molar-refractivity contribution in [3.63, 3.8) is 0 Å². The summed E-state index contributed by atoms with van der Waals surface area (Å²) in [5, 5.41) is 23.5. The van der Waals surface area contributed by atoms with Crippen molar-refractivity contribution < 1.29 is 28.9 Å². The van der Waals surface area contributed by atoms with E-state index in [1.807, 2.05) is 13.8 Å². The third kappa shape index (κ3) is 7.24. The topological polar surface area (TPSA) is 127 Å². The molecule has 5 N–H and O–H groups in total. The average molecular weight is 560 g/mol. The van der Waals surface area contributed by atoms with Crippen LogP contribution in [0.1, 0.15) is 48.3 Å². The molecule has 1 aliphatic rings. The zero-order chi connectivity index (χ0) is 28.6. The maximum atomic E-state index is 13.7. The third-order valence-electron chi connectivity index (χ3n) is 6.33. The summed E-state index contributed by atoms with van der Waals surface area (Å²) in [6, 6.07) is 12.5. The van der Waals surface area contributed by atoms with Crippen molar-refractivity contribution in [2.75, 3.05) is 26.9 Å². The van der Waals surface area contributed by atoms with Crippen LogP contribution in [0, 0.1) is 11.7 Å². The fourth-order valence-electron chi connectivity index (χ4n) is 4.14. The fraction of sp³-hybridized carbons (Fsp3) is 0.379. The number of benzene rings is 2. The van der Waals surface area contributed by atoms with Crippen LogP contribution in [-0.2, 0) is 12.1 Å². The van der Waals surface area contributed by atoms with Crippen LogP contribution in [0.4, 0.5) is 4.39 Å². The van der Waals surface area contributed by atoms with Crippen LogP contribution >= 0.6 is 11.6 Å². The van der Waals surface area contributed by atoms with Crippen LogP contribution in [0.5, 0.6) is 11.5 Å². The van der Waals surface area contributed by atoms with E-state index in [0.717, 1.165) is 18.4 Å². The smallest absolute Gasteiger partial charge is 0.251 e. The predicted octanol–water partition coefficient (Wildman–Crippen LogP) is 4.43. The fourth-order valence-corrected chi connectivity index (χ4v) is 4.32. The number of ether oxygens (including phenoxy) is 2. The number of hydrogen-bond acceptors (Lipinski definition) is 7. The Kier molecular flexibility index (Phi) is 10.7. The van der Waals surface area contributed by atoms with E-state index in [4.69, 9.17) is 31.9 Å². The lowest BCUT2D eigenvalue weighted by Crippen LogP contribution is -2.43. The second-order valence-corrected chi connectivity index (χ2v) is 9.30. The van der Waals surface area contributed by atoms with E-state index in [1.165, 1.54) is 25.3 Å². The van der Waals surface area contributed by atoms with Gasteiger partial charge < -0.3 is 30.7 Å². The van der Waals surface area contributed by atoms with Gasteiger partial charge >= 0.3 is 0 Å². The number of carbonyl (C=O) groups excluding carboxylic acids is 1. The van der Waals surface area contributed by atoms with Gasteiger partial charge in [0.25, 0.3) is 5.91 Å². The first-order chi connectivity index (χ1) is 18.8. The van der Waals surface area contributed by atoms with Gasteiger partial charge in [-0.05, 0) is 72.9 Å². The van der Waals surface area contributed by atoms with Crippen molar-refractivity contribution in [3.8, 4) is 22.8 Å². The normalized spacial score (nSPS) is 14.1. The van der Waals surface area contributed by atoms with Crippen molar-refractivity contribution in [1.29, 1.82) is 0 Å². The van der Waals surface area contributed by atoms with Crippen molar-refractivity contribution in [3.05, 3.63) is 76.2 Å². The standard InChI is InChI=1S/C27H29ClFN3O5.C2H6/c1-36-24-13-18(3-7-23(24)37-9-8-33)26(34)31-15-27(35,19-4-5-19)25-11-16(14-30)10-22(32-25)17-2-6-21(29)20(28)12-17;1-2/h2-3,6-7,10-13,19,33,35H,4-5,8-9,14-15,30H2,1H3,(H,31,34);1-2H3. The van der Waals surface area contributed by atoms with Crippen LogP contribution in [0.2, 0.25) is 5.02 Å². The van der Waals surface area contributed by atoms with Gasteiger partial charge in [0, 0.05) is 17.7 Å². The lowest BCUT2D eigenvalue weighted by molar-refractivity contribution is 0.00951. The summed E-state index contributed by atoms with van der Waals surface area (Å²) in [4.78, 5) is 17.7. The molecule has 0 radical (unpaired) electrons. The number of nitrogens with one attached hydrogen (secondary N) is 1. The van der Waals surface area contributed by atoms with Gasteiger partial charge in [0.1, 0.15) is 18.0 Å². The Morgan fingerprint density at radius 2 is 1.92 bits per heavy atom. The highest BCUT2D eigenvalue weighted by Crippen LogP contribution is 2.45. The molecule has 1 aromatic heterocycles. The van der Waals surface area contributed by atoms with Gasteiger partial charge in [-0.15, -0.1) is 0 Å². The second kappa shape index (κ2) is 13.7. The summed E-state index contributed by atoms with van der Waals surface area (Å²) >= 11 is 5.97. The first kappa shape index (κ1) is 30.3. The molecule has 4 rings (SSSR count). The lowest BCUT2D eigenvalue weighted by atomic mass is 9.91. The number of methoxy groups -OCH3 is 1. The summed E-state index contributed by atoms with van der Waals surface area (Å²) in [5.74, 6) is -0.298. The molecule has 0 aliphatic heterocycles. The van der Waals surface area contributed by atoms with Gasteiger partial charge in [0.15, 0.2) is 11.5 Å². The minimum atomic E-state index is -1.44. The maximum Gasteiger partial charge on any atom is 0.251 e. The summed E-state index contributed by atoms with van der Waals surface area (Å²) in [6.07, 6.45) is 1.56. The molecule has 1 aliphatic carbocycles. The molecule has 1 saturated carbocycles. The Hall–Kier alpha value is -3.24. The zero-order valence-corrected chi connectivity index (χ0v) is 23.1. The molecule has 0 bridgehead atoms. The molecule has 210 valence electrons. The number of pyridine rings is 1. The molecule has 39 heavy (non-hydrogen) atoms. The molecule has 1 atom stereocenters. The first-order valence-electron chi connectivity index (χ1n) is 12.9. The monoisotopic (exact) mass is 559 g/mol. The number of rotatable bonds is 11. The summed E-state index contributed by atoms with van der Waals surface area (Å²) in [6.45, 7) is 4.07. The maximum absolute atomic E-state index is 13.7. The van der Waals surface area contributed by atoms with E-state index < -0.39 is 17.3 Å². The van der Waals surface area contributed by atoms with Gasteiger partial charge in [0.2, 0.25) is 0 Å². The van der Waals surface area contributed by atoms with Crippen molar-refractivity contribution in [2.45, 2.75) is 38.8 Å². The van der Waals surface area contributed by atoms with Crippen LogP contribution < -0.4 is 20.5 Å². The van der Waals surface area contributed by atoms with Gasteiger partial charge in [-0.2, -0.15) is 0 Å². The van der Waals surface area contributed by atoms with E-state index in [1.54, 1.807) is 30.3 Å². The highest BCUT2D eigenvalue weighted by molar-refractivity contribution is 6.31. The Morgan fingerprint density at radius 3 is 2.54 bits per heavy atom. The zero-order valence-electron chi connectivity index (χ0n) is 22.3. The molecule has 10 heteroatoms.